The molecule has 1 aromatic rings. The molecular weight excluding hydrogens is 370 g/mol. The number of halogens is 1. The SMILES string of the molecule is Cl.O=C(CC1COCCN1)NCc1cccc(C(=O)NCC2CCCO2)c1. The summed E-state index contributed by atoms with van der Waals surface area (Å²) in [7, 11) is 0. The normalized spacial score (nSPS) is 21.9. The summed E-state index contributed by atoms with van der Waals surface area (Å²) in [4.78, 5) is 24.3. The molecule has 1 aromatic carbocycles. The summed E-state index contributed by atoms with van der Waals surface area (Å²) < 4.78 is 10.9. The van der Waals surface area contributed by atoms with Crippen LogP contribution in [0.1, 0.15) is 35.2 Å². The summed E-state index contributed by atoms with van der Waals surface area (Å²) in [6, 6.07) is 7.39. The quantitative estimate of drug-likeness (QED) is 0.639. The van der Waals surface area contributed by atoms with Crippen LogP contribution in [0.25, 0.3) is 0 Å². The standard InChI is InChI=1S/C19H27N3O4.ClH/c23-18(10-16-13-25-8-6-20-16)21-11-14-3-1-4-15(9-14)19(24)22-12-17-5-2-7-26-17;/h1,3-4,9,16-17,20H,2,5-8,10-13H2,(H,21,23)(H,22,24);1H. The number of hydrogen-bond acceptors (Lipinski definition) is 5. The van der Waals surface area contributed by atoms with Gasteiger partial charge in [0.05, 0.1) is 19.3 Å². The molecule has 0 saturated carbocycles. The van der Waals surface area contributed by atoms with E-state index in [1.54, 1.807) is 6.07 Å². The van der Waals surface area contributed by atoms with Gasteiger partial charge in [0.1, 0.15) is 0 Å². The largest absolute Gasteiger partial charge is 0.378 e. The van der Waals surface area contributed by atoms with E-state index in [0.29, 0.717) is 38.3 Å². The van der Waals surface area contributed by atoms with E-state index in [0.717, 1.165) is 31.6 Å². The third kappa shape index (κ3) is 7.10. The Hall–Kier alpha value is -1.67. The van der Waals surface area contributed by atoms with E-state index in [1.807, 2.05) is 18.2 Å². The van der Waals surface area contributed by atoms with Crippen molar-refractivity contribution >= 4 is 24.2 Å². The summed E-state index contributed by atoms with van der Waals surface area (Å²) in [5.74, 6) is -0.140. The fourth-order valence-electron chi connectivity index (χ4n) is 3.18. The first kappa shape index (κ1) is 21.6. The van der Waals surface area contributed by atoms with Crippen molar-refractivity contribution in [2.75, 3.05) is 32.9 Å². The Morgan fingerprint density at radius 3 is 2.85 bits per heavy atom. The minimum absolute atomic E-state index is 0. The van der Waals surface area contributed by atoms with E-state index in [-0.39, 0.29) is 36.4 Å². The van der Waals surface area contributed by atoms with Gasteiger partial charge in [0.25, 0.3) is 5.91 Å². The molecule has 3 rings (SSSR count). The zero-order valence-corrected chi connectivity index (χ0v) is 16.2. The maximum Gasteiger partial charge on any atom is 0.251 e. The zero-order chi connectivity index (χ0) is 18.2. The first-order chi connectivity index (χ1) is 12.7. The Bertz CT molecular complexity index is 617. The van der Waals surface area contributed by atoms with Gasteiger partial charge in [-0.15, -0.1) is 12.4 Å². The Kier molecular flexibility index (Phi) is 9.00. The predicted octanol–water partition coefficient (Wildman–Crippen LogP) is 1.01. The molecule has 2 saturated heterocycles. The van der Waals surface area contributed by atoms with Crippen LogP contribution < -0.4 is 16.0 Å². The van der Waals surface area contributed by atoms with Crippen molar-refractivity contribution in [1.82, 2.24) is 16.0 Å². The average Bonchev–Trinajstić information content (AvgIpc) is 3.19. The molecule has 2 unspecified atom stereocenters. The monoisotopic (exact) mass is 397 g/mol. The highest BCUT2D eigenvalue weighted by Crippen LogP contribution is 2.11. The lowest BCUT2D eigenvalue weighted by atomic mass is 10.1. The molecule has 150 valence electrons. The molecule has 0 bridgehead atoms. The van der Waals surface area contributed by atoms with Crippen molar-refractivity contribution in [3.05, 3.63) is 35.4 Å². The molecule has 2 aliphatic rings. The second-order valence-corrected chi connectivity index (χ2v) is 6.75. The molecule has 27 heavy (non-hydrogen) atoms. The minimum Gasteiger partial charge on any atom is -0.378 e. The van der Waals surface area contributed by atoms with Crippen LogP contribution in [0.2, 0.25) is 0 Å². The molecule has 2 aliphatic heterocycles. The van der Waals surface area contributed by atoms with Gasteiger partial charge in [-0.2, -0.15) is 0 Å². The van der Waals surface area contributed by atoms with Gasteiger partial charge in [-0.1, -0.05) is 12.1 Å². The van der Waals surface area contributed by atoms with E-state index in [2.05, 4.69) is 16.0 Å². The van der Waals surface area contributed by atoms with Crippen LogP contribution in [0.5, 0.6) is 0 Å². The molecule has 8 heteroatoms. The van der Waals surface area contributed by atoms with Gasteiger partial charge in [0, 0.05) is 44.3 Å². The molecule has 7 nitrogen and oxygen atoms in total. The molecule has 0 aromatic heterocycles. The lowest BCUT2D eigenvalue weighted by Crippen LogP contribution is -2.44. The number of rotatable bonds is 7. The highest BCUT2D eigenvalue weighted by atomic mass is 35.5. The third-order valence-corrected chi connectivity index (χ3v) is 4.62. The topological polar surface area (TPSA) is 88.7 Å². The summed E-state index contributed by atoms with van der Waals surface area (Å²) >= 11 is 0. The van der Waals surface area contributed by atoms with Crippen LogP contribution in [0.3, 0.4) is 0 Å². The van der Waals surface area contributed by atoms with Gasteiger partial charge in [0.2, 0.25) is 5.91 Å². The lowest BCUT2D eigenvalue weighted by molar-refractivity contribution is -0.122. The molecule has 3 N–H and O–H groups in total. The van der Waals surface area contributed by atoms with Crippen LogP contribution >= 0.6 is 12.4 Å². The van der Waals surface area contributed by atoms with E-state index >= 15 is 0 Å². The summed E-state index contributed by atoms with van der Waals surface area (Å²) in [5.41, 5.74) is 1.49. The second kappa shape index (κ2) is 11.2. The number of carbonyl (C=O) groups excluding carboxylic acids is 2. The Morgan fingerprint density at radius 2 is 2.11 bits per heavy atom. The highest BCUT2D eigenvalue weighted by molar-refractivity contribution is 5.94. The van der Waals surface area contributed by atoms with Crippen molar-refractivity contribution in [1.29, 1.82) is 0 Å². The van der Waals surface area contributed by atoms with Gasteiger partial charge in [-0.25, -0.2) is 0 Å². The highest BCUT2D eigenvalue weighted by Gasteiger charge is 2.18. The zero-order valence-electron chi connectivity index (χ0n) is 15.4. The summed E-state index contributed by atoms with van der Waals surface area (Å²) in [6.45, 7) is 3.75. The van der Waals surface area contributed by atoms with Gasteiger partial charge in [-0.05, 0) is 30.5 Å². The van der Waals surface area contributed by atoms with Crippen molar-refractivity contribution in [3.8, 4) is 0 Å². The molecule has 0 aliphatic carbocycles. The van der Waals surface area contributed by atoms with Gasteiger partial charge < -0.3 is 25.4 Å². The Labute approximate surface area is 166 Å². The van der Waals surface area contributed by atoms with Crippen LogP contribution in [-0.2, 0) is 20.8 Å². The molecule has 2 fully saturated rings. The summed E-state index contributed by atoms with van der Waals surface area (Å²) in [6.07, 6.45) is 2.56. The number of hydrogen-bond donors (Lipinski definition) is 3. The van der Waals surface area contributed by atoms with Crippen molar-refractivity contribution in [2.45, 2.75) is 38.0 Å². The van der Waals surface area contributed by atoms with E-state index in [9.17, 15) is 9.59 Å². The fraction of sp³-hybridized carbons (Fsp3) is 0.579. The maximum absolute atomic E-state index is 12.3. The third-order valence-electron chi connectivity index (χ3n) is 4.62. The number of nitrogens with one attached hydrogen (secondary N) is 3. The molecule has 0 radical (unpaired) electrons. The van der Waals surface area contributed by atoms with Crippen molar-refractivity contribution < 1.29 is 19.1 Å². The van der Waals surface area contributed by atoms with Crippen LogP contribution in [0.4, 0.5) is 0 Å². The number of benzene rings is 1. The average molecular weight is 398 g/mol. The molecular formula is C19H28ClN3O4. The Balaban J connectivity index is 0.00000261. The molecule has 2 heterocycles. The summed E-state index contributed by atoms with van der Waals surface area (Å²) in [5, 5.41) is 9.08. The molecule has 2 atom stereocenters. The Morgan fingerprint density at radius 1 is 1.22 bits per heavy atom. The smallest absolute Gasteiger partial charge is 0.251 e. The number of amides is 2. The fourth-order valence-corrected chi connectivity index (χ4v) is 3.18. The minimum atomic E-state index is -0.114. The molecule has 2 amide bonds. The maximum atomic E-state index is 12.3. The number of ether oxygens (including phenoxy) is 2. The van der Waals surface area contributed by atoms with Crippen molar-refractivity contribution in [2.24, 2.45) is 0 Å². The van der Waals surface area contributed by atoms with Crippen LogP contribution in [0, 0.1) is 0 Å². The first-order valence-corrected chi connectivity index (χ1v) is 9.27. The van der Waals surface area contributed by atoms with Gasteiger partial charge in [-0.3, -0.25) is 9.59 Å². The first-order valence-electron chi connectivity index (χ1n) is 9.27. The number of morpholine rings is 1. The van der Waals surface area contributed by atoms with E-state index in [1.165, 1.54) is 0 Å². The second-order valence-electron chi connectivity index (χ2n) is 6.75. The number of carbonyl (C=O) groups is 2. The van der Waals surface area contributed by atoms with Crippen LogP contribution in [0.15, 0.2) is 24.3 Å². The van der Waals surface area contributed by atoms with Crippen molar-refractivity contribution in [3.63, 3.8) is 0 Å². The lowest BCUT2D eigenvalue weighted by Gasteiger charge is -2.23. The van der Waals surface area contributed by atoms with E-state index < -0.39 is 0 Å². The van der Waals surface area contributed by atoms with Gasteiger partial charge >= 0.3 is 0 Å². The van der Waals surface area contributed by atoms with Gasteiger partial charge in [0.15, 0.2) is 0 Å². The van der Waals surface area contributed by atoms with E-state index in [4.69, 9.17) is 9.47 Å². The van der Waals surface area contributed by atoms with Crippen LogP contribution in [-0.4, -0.2) is 56.9 Å². The predicted molar refractivity (Wildman–Crippen MR) is 104 cm³/mol. The molecule has 0 spiro atoms.